The van der Waals surface area contributed by atoms with Gasteiger partial charge in [0.1, 0.15) is 5.82 Å². The number of benzene rings is 1. The zero-order chi connectivity index (χ0) is 13.8. The van der Waals surface area contributed by atoms with Crippen LogP contribution in [0.1, 0.15) is 31.0 Å². The predicted octanol–water partition coefficient (Wildman–Crippen LogP) is 2.78. The van der Waals surface area contributed by atoms with Gasteiger partial charge in [-0.25, -0.2) is 9.97 Å². The van der Waals surface area contributed by atoms with E-state index in [0.29, 0.717) is 12.5 Å². The Kier molecular flexibility index (Phi) is 3.92. The van der Waals surface area contributed by atoms with Crippen LogP contribution in [0.25, 0.3) is 11.3 Å². The van der Waals surface area contributed by atoms with E-state index in [1.54, 1.807) is 0 Å². The third-order valence-electron chi connectivity index (χ3n) is 3.49. The molecule has 1 aromatic heterocycles. The van der Waals surface area contributed by atoms with Gasteiger partial charge >= 0.3 is 0 Å². The van der Waals surface area contributed by atoms with Crippen molar-refractivity contribution in [3.05, 3.63) is 42.4 Å². The molecular weight excluding hydrogens is 248 g/mol. The zero-order valence-corrected chi connectivity index (χ0v) is 11.5. The molecule has 0 amide bonds. The van der Waals surface area contributed by atoms with Crippen LogP contribution < -0.4 is 11.1 Å². The highest BCUT2D eigenvalue weighted by Crippen LogP contribution is 2.39. The summed E-state index contributed by atoms with van der Waals surface area (Å²) in [5, 5.41) is 3.39. The second kappa shape index (κ2) is 6.01. The minimum Gasteiger partial charge on any atom is -0.382 e. The monoisotopic (exact) mass is 268 g/mol. The van der Waals surface area contributed by atoms with Crippen LogP contribution in [0.2, 0.25) is 0 Å². The van der Waals surface area contributed by atoms with Crippen molar-refractivity contribution in [2.24, 2.45) is 5.73 Å². The maximum absolute atomic E-state index is 5.54. The van der Waals surface area contributed by atoms with Gasteiger partial charge in [0.25, 0.3) is 0 Å². The average molecular weight is 268 g/mol. The number of hydrogen-bond acceptors (Lipinski definition) is 4. The second-order valence-corrected chi connectivity index (χ2v) is 5.20. The van der Waals surface area contributed by atoms with Gasteiger partial charge in [0.15, 0.2) is 0 Å². The normalized spacial score (nSPS) is 14.2. The maximum atomic E-state index is 5.54. The largest absolute Gasteiger partial charge is 0.382 e. The van der Waals surface area contributed by atoms with Crippen molar-refractivity contribution < 1.29 is 0 Å². The standard InChI is InChI=1S/C16H20N4/c17-9-4-10-18-14-11-19-16(13-7-8-13)20-15(14)12-5-2-1-3-6-12/h1-3,5-6,11,13,18H,4,7-10,17H2. The van der Waals surface area contributed by atoms with Gasteiger partial charge in [-0.1, -0.05) is 30.3 Å². The topological polar surface area (TPSA) is 63.8 Å². The van der Waals surface area contributed by atoms with Crippen LogP contribution in [-0.2, 0) is 0 Å². The molecule has 1 fully saturated rings. The Morgan fingerprint density at radius 2 is 2.00 bits per heavy atom. The molecule has 3 rings (SSSR count). The summed E-state index contributed by atoms with van der Waals surface area (Å²) in [4.78, 5) is 9.28. The molecule has 4 heteroatoms. The molecule has 0 unspecified atom stereocenters. The lowest BCUT2D eigenvalue weighted by Gasteiger charge is -2.12. The Morgan fingerprint density at radius 3 is 2.70 bits per heavy atom. The van der Waals surface area contributed by atoms with Gasteiger partial charge < -0.3 is 11.1 Å². The van der Waals surface area contributed by atoms with E-state index in [1.807, 2.05) is 24.4 Å². The molecule has 1 aromatic carbocycles. The minimum atomic E-state index is 0.565. The quantitative estimate of drug-likeness (QED) is 0.791. The lowest BCUT2D eigenvalue weighted by Crippen LogP contribution is -2.10. The van der Waals surface area contributed by atoms with Crippen LogP contribution in [-0.4, -0.2) is 23.1 Å². The van der Waals surface area contributed by atoms with Crippen LogP contribution in [0.4, 0.5) is 5.69 Å². The summed E-state index contributed by atoms with van der Waals surface area (Å²) in [6, 6.07) is 10.3. The molecule has 0 atom stereocenters. The minimum absolute atomic E-state index is 0.565. The summed E-state index contributed by atoms with van der Waals surface area (Å²) in [5.41, 5.74) is 8.67. The van der Waals surface area contributed by atoms with E-state index in [1.165, 1.54) is 12.8 Å². The summed E-state index contributed by atoms with van der Waals surface area (Å²) < 4.78 is 0. The Hall–Kier alpha value is -1.94. The molecule has 0 radical (unpaired) electrons. The van der Waals surface area contributed by atoms with E-state index in [2.05, 4.69) is 22.4 Å². The highest BCUT2D eigenvalue weighted by molar-refractivity contribution is 5.73. The van der Waals surface area contributed by atoms with E-state index in [-0.39, 0.29) is 0 Å². The number of nitrogens with one attached hydrogen (secondary N) is 1. The number of rotatable bonds is 6. The fourth-order valence-corrected chi connectivity index (χ4v) is 2.20. The first-order valence-electron chi connectivity index (χ1n) is 7.25. The molecule has 1 heterocycles. The van der Waals surface area contributed by atoms with Crippen molar-refractivity contribution in [1.29, 1.82) is 0 Å². The summed E-state index contributed by atoms with van der Waals surface area (Å²) in [6.07, 6.45) is 5.29. The van der Waals surface area contributed by atoms with Gasteiger partial charge in [-0.2, -0.15) is 0 Å². The van der Waals surface area contributed by atoms with Gasteiger partial charge in [0, 0.05) is 18.0 Å². The van der Waals surface area contributed by atoms with Gasteiger partial charge in [0.05, 0.1) is 17.6 Å². The number of aromatic nitrogens is 2. The summed E-state index contributed by atoms with van der Waals surface area (Å²) in [6.45, 7) is 1.54. The van der Waals surface area contributed by atoms with Crippen molar-refractivity contribution in [1.82, 2.24) is 9.97 Å². The number of nitrogens with two attached hydrogens (primary N) is 1. The van der Waals surface area contributed by atoms with Crippen LogP contribution in [0.3, 0.4) is 0 Å². The Morgan fingerprint density at radius 1 is 1.20 bits per heavy atom. The highest BCUT2D eigenvalue weighted by atomic mass is 15.0. The lowest BCUT2D eigenvalue weighted by atomic mass is 10.1. The molecule has 1 aliphatic rings. The average Bonchev–Trinajstić information content (AvgIpc) is 3.33. The van der Waals surface area contributed by atoms with Crippen molar-refractivity contribution in [2.45, 2.75) is 25.2 Å². The van der Waals surface area contributed by atoms with E-state index in [4.69, 9.17) is 10.7 Å². The molecule has 104 valence electrons. The molecule has 0 aliphatic heterocycles. The highest BCUT2D eigenvalue weighted by Gasteiger charge is 2.27. The molecule has 1 aliphatic carbocycles. The summed E-state index contributed by atoms with van der Waals surface area (Å²) in [7, 11) is 0. The maximum Gasteiger partial charge on any atom is 0.132 e. The predicted molar refractivity (Wildman–Crippen MR) is 81.6 cm³/mol. The molecular formula is C16H20N4. The molecule has 4 nitrogen and oxygen atoms in total. The summed E-state index contributed by atoms with van der Waals surface area (Å²) >= 11 is 0. The van der Waals surface area contributed by atoms with E-state index in [0.717, 1.165) is 35.7 Å². The molecule has 3 N–H and O–H groups in total. The van der Waals surface area contributed by atoms with Crippen molar-refractivity contribution in [3.63, 3.8) is 0 Å². The van der Waals surface area contributed by atoms with Gasteiger partial charge in [-0.15, -0.1) is 0 Å². The summed E-state index contributed by atoms with van der Waals surface area (Å²) in [5.74, 6) is 1.55. The van der Waals surface area contributed by atoms with E-state index < -0.39 is 0 Å². The van der Waals surface area contributed by atoms with Gasteiger partial charge in [-0.05, 0) is 25.8 Å². The van der Waals surface area contributed by atoms with E-state index >= 15 is 0 Å². The number of hydrogen-bond donors (Lipinski definition) is 2. The molecule has 1 saturated carbocycles. The van der Waals surface area contributed by atoms with Crippen LogP contribution >= 0.6 is 0 Å². The SMILES string of the molecule is NCCCNc1cnc(C2CC2)nc1-c1ccccc1. The zero-order valence-electron chi connectivity index (χ0n) is 11.5. The molecule has 20 heavy (non-hydrogen) atoms. The fraction of sp³-hybridized carbons (Fsp3) is 0.375. The second-order valence-electron chi connectivity index (χ2n) is 5.20. The Labute approximate surface area is 119 Å². The first-order chi connectivity index (χ1) is 9.88. The molecule has 0 saturated heterocycles. The first kappa shape index (κ1) is 13.1. The third-order valence-corrected chi connectivity index (χ3v) is 3.49. The van der Waals surface area contributed by atoms with Crippen LogP contribution in [0.5, 0.6) is 0 Å². The number of anilines is 1. The Bertz CT molecular complexity index is 564. The molecule has 0 spiro atoms. The van der Waals surface area contributed by atoms with Crippen LogP contribution in [0.15, 0.2) is 36.5 Å². The first-order valence-corrected chi connectivity index (χ1v) is 7.25. The Balaban J connectivity index is 1.91. The van der Waals surface area contributed by atoms with Crippen LogP contribution in [0, 0.1) is 0 Å². The van der Waals surface area contributed by atoms with Gasteiger partial charge in [-0.3, -0.25) is 0 Å². The molecule has 2 aromatic rings. The number of nitrogens with zero attached hydrogens (tertiary/aromatic N) is 2. The fourth-order valence-electron chi connectivity index (χ4n) is 2.20. The van der Waals surface area contributed by atoms with Crippen molar-refractivity contribution in [2.75, 3.05) is 18.4 Å². The van der Waals surface area contributed by atoms with Crippen molar-refractivity contribution in [3.8, 4) is 11.3 Å². The third kappa shape index (κ3) is 2.96. The lowest BCUT2D eigenvalue weighted by molar-refractivity contribution is 0.868. The van der Waals surface area contributed by atoms with Gasteiger partial charge in [0.2, 0.25) is 0 Å². The van der Waals surface area contributed by atoms with Crippen molar-refractivity contribution >= 4 is 5.69 Å². The van der Waals surface area contributed by atoms with E-state index in [9.17, 15) is 0 Å². The molecule has 0 bridgehead atoms. The smallest absolute Gasteiger partial charge is 0.132 e.